The van der Waals surface area contributed by atoms with Gasteiger partial charge in [-0.05, 0) is 55.3 Å². The minimum atomic E-state index is -4.39. The molecule has 4 rings (SSSR count). The second kappa shape index (κ2) is 13.8. The average Bonchev–Trinajstić information content (AvgIpc) is 3.52. The predicted molar refractivity (Wildman–Crippen MR) is 158 cm³/mol. The van der Waals surface area contributed by atoms with Crippen molar-refractivity contribution in [2.45, 2.75) is 23.8 Å². The zero-order valence-electron chi connectivity index (χ0n) is 23.4. The molecule has 11 nitrogen and oxygen atoms in total. The maximum absolute atomic E-state index is 14.0. The number of anilines is 2. The number of halogens is 1. The summed E-state index contributed by atoms with van der Waals surface area (Å²) in [6.07, 6.45) is 1.74. The maximum Gasteiger partial charge on any atom is 0.265 e. The van der Waals surface area contributed by atoms with Gasteiger partial charge in [0.2, 0.25) is 5.91 Å². The molecule has 1 aliphatic rings. The summed E-state index contributed by atoms with van der Waals surface area (Å²) in [7, 11) is -0.200. The van der Waals surface area contributed by atoms with Crippen LogP contribution in [0.3, 0.4) is 0 Å². The number of carbonyl (C=O) groups excluding carboxylic acids is 2. The van der Waals surface area contributed by atoms with E-state index in [4.69, 9.17) is 30.5 Å². The summed E-state index contributed by atoms with van der Waals surface area (Å²) in [4.78, 5) is 26.2. The molecule has 0 spiro atoms. The summed E-state index contributed by atoms with van der Waals surface area (Å²) in [6, 6.07) is 15.0. The van der Waals surface area contributed by atoms with Crippen LogP contribution in [0.15, 0.2) is 65.6 Å². The van der Waals surface area contributed by atoms with Crippen molar-refractivity contribution in [3.8, 4) is 17.2 Å². The van der Waals surface area contributed by atoms with E-state index in [1.54, 1.807) is 24.3 Å². The highest BCUT2D eigenvalue weighted by Gasteiger charge is 2.31. The van der Waals surface area contributed by atoms with E-state index in [0.717, 1.165) is 17.1 Å². The molecule has 1 aliphatic heterocycles. The smallest absolute Gasteiger partial charge is 0.265 e. The van der Waals surface area contributed by atoms with Gasteiger partial charge in [-0.15, -0.1) is 0 Å². The number of benzene rings is 3. The largest absolute Gasteiger partial charge is 0.495 e. The van der Waals surface area contributed by atoms with Gasteiger partial charge in [0.05, 0.1) is 49.3 Å². The Morgan fingerprint density at radius 3 is 2.38 bits per heavy atom. The predicted octanol–water partition coefficient (Wildman–Crippen LogP) is 4.11. The van der Waals surface area contributed by atoms with Crippen LogP contribution in [0.2, 0.25) is 5.02 Å². The summed E-state index contributed by atoms with van der Waals surface area (Å²) in [5, 5.41) is 5.74. The molecule has 42 heavy (non-hydrogen) atoms. The molecule has 0 aliphatic carbocycles. The number of nitrogens with one attached hydrogen (secondary N) is 2. The van der Waals surface area contributed by atoms with Crippen molar-refractivity contribution in [3.63, 3.8) is 0 Å². The third-order valence-corrected chi connectivity index (χ3v) is 8.59. The lowest BCUT2D eigenvalue weighted by Gasteiger charge is -2.26. The molecular weight excluding hydrogens is 586 g/mol. The van der Waals surface area contributed by atoms with E-state index in [1.165, 1.54) is 57.7 Å². The van der Waals surface area contributed by atoms with Crippen molar-refractivity contribution in [1.82, 2.24) is 5.32 Å². The SMILES string of the molecule is COc1ccc(S(=O)(=O)N(CC(=O)Nc2ccccc2C(=O)NC[C@H]2CCCO2)c2cc(Cl)ccc2OC)cc1OC. The minimum Gasteiger partial charge on any atom is -0.495 e. The molecular formula is C29H32ClN3O8S. The average molecular weight is 618 g/mol. The van der Waals surface area contributed by atoms with E-state index in [0.29, 0.717) is 18.9 Å². The first kappa shape index (κ1) is 30.9. The molecule has 0 unspecified atom stereocenters. The first-order chi connectivity index (χ1) is 20.2. The van der Waals surface area contributed by atoms with Crippen molar-refractivity contribution in [2.75, 3.05) is 50.6 Å². The number of ether oxygens (including phenoxy) is 4. The number of hydrogen-bond acceptors (Lipinski definition) is 8. The van der Waals surface area contributed by atoms with Crippen LogP contribution in [-0.4, -0.2) is 67.4 Å². The van der Waals surface area contributed by atoms with Crippen LogP contribution in [0, 0.1) is 0 Å². The number of amides is 2. The van der Waals surface area contributed by atoms with E-state index >= 15 is 0 Å². The fourth-order valence-corrected chi connectivity index (χ4v) is 6.08. The zero-order chi connectivity index (χ0) is 30.3. The van der Waals surface area contributed by atoms with Gasteiger partial charge in [0, 0.05) is 24.2 Å². The molecule has 1 fully saturated rings. The van der Waals surface area contributed by atoms with E-state index < -0.39 is 28.4 Å². The number of methoxy groups -OCH3 is 3. The quantitative estimate of drug-likeness (QED) is 0.310. The molecule has 224 valence electrons. The van der Waals surface area contributed by atoms with E-state index in [1.807, 2.05) is 0 Å². The third kappa shape index (κ3) is 7.07. The summed E-state index contributed by atoms with van der Waals surface area (Å²) >= 11 is 6.23. The number of sulfonamides is 1. The lowest BCUT2D eigenvalue weighted by atomic mass is 10.1. The molecule has 2 amide bonds. The second-order valence-electron chi connectivity index (χ2n) is 9.28. The Morgan fingerprint density at radius 1 is 0.976 bits per heavy atom. The minimum absolute atomic E-state index is 0.0394. The third-order valence-electron chi connectivity index (χ3n) is 6.60. The summed E-state index contributed by atoms with van der Waals surface area (Å²) in [5.41, 5.74) is 0.477. The fourth-order valence-electron chi connectivity index (χ4n) is 4.48. The molecule has 2 N–H and O–H groups in total. The Hall–Kier alpha value is -4.00. The molecule has 0 radical (unpaired) electrons. The van der Waals surface area contributed by atoms with Crippen LogP contribution in [-0.2, 0) is 19.6 Å². The van der Waals surface area contributed by atoms with Crippen molar-refractivity contribution in [2.24, 2.45) is 0 Å². The molecule has 0 bridgehead atoms. The van der Waals surface area contributed by atoms with Crippen molar-refractivity contribution >= 4 is 44.8 Å². The van der Waals surface area contributed by atoms with Gasteiger partial charge in [-0.2, -0.15) is 0 Å². The molecule has 3 aromatic carbocycles. The van der Waals surface area contributed by atoms with Crippen LogP contribution in [0.25, 0.3) is 0 Å². The number of para-hydroxylation sites is 1. The Kier molecular flexibility index (Phi) is 10.2. The Bertz CT molecular complexity index is 1540. The highest BCUT2D eigenvalue weighted by Crippen LogP contribution is 2.37. The summed E-state index contributed by atoms with van der Waals surface area (Å²) in [5.74, 6) is -0.419. The van der Waals surface area contributed by atoms with Gasteiger partial charge in [-0.25, -0.2) is 8.42 Å². The van der Waals surface area contributed by atoms with Crippen molar-refractivity contribution < 1.29 is 37.0 Å². The van der Waals surface area contributed by atoms with Gasteiger partial charge >= 0.3 is 0 Å². The number of hydrogen-bond donors (Lipinski definition) is 2. The zero-order valence-corrected chi connectivity index (χ0v) is 25.0. The van der Waals surface area contributed by atoms with Gasteiger partial charge < -0.3 is 29.6 Å². The highest BCUT2D eigenvalue weighted by molar-refractivity contribution is 7.92. The van der Waals surface area contributed by atoms with Crippen LogP contribution >= 0.6 is 11.6 Å². The second-order valence-corrected chi connectivity index (χ2v) is 11.6. The lowest BCUT2D eigenvalue weighted by Crippen LogP contribution is -2.39. The molecule has 13 heteroatoms. The van der Waals surface area contributed by atoms with Crippen molar-refractivity contribution in [1.29, 1.82) is 0 Å². The van der Waals surface area contributed by atoms with Crippen molar-refractivity contribution in [3.05, 3.63) is 71.2 Å². The summed E-state index contributed by atoms with van der Waals surface area (Å²) < 4.78 is 50.4. The Morgan fingerprint density at radius 2 is 1.69 bits per heavy atom. The normalized spacial score (nSPS) is 14.6. The summed E-state index contributed by atoms with van der Waals surface area (Å²) in [6.45, 7) is 0.333. The molecule has 3 aromatic rings. The molecule has 0 aromatic heterocycles. The molecule has 1 heterocycles. The highest BCUT2D eigenvalue weighted by atomic mass is 35.5. The topological polar surface area (TPSA) is 132 Å². The number of rotatable bonds is 12. The molecule has 0 saturated carbocycles. The van der Waals surface area contributed by atoms with Gasteiger partial charge in [0.15, 0.2) is 11.5 Å². The van der Waals surface area contributed by atoms with Gasteiger partial charge in [0.1, 0.15) is 12.3 Å². The lowest BCUT2D eigenvalue weighted by molar-refractivity contribution is -0.114. The van der Waals surface area contributed by atoms with Gasteiger partial charge in [0.25, 0.3) is 15.9 Å². The monoisotopic (exact) mass is 617 g/mol. The number of nitrogens with zero attached hydrogens (tertiary/aromatic N) is 1. The van der Waals surface area contributed by atoms with Crippen LogP contribution in [0.4, 0.5) is 11.4 Å². The van der Waals surface area contributed by atoms with Gasteiger partial charge in [-0.3, -0.25) is 13.9 Å². The molecule has 1 saturated heterocycles. The Labute approximate surface area is 249 Å². The first-order valence-corrected chi connectivity index (χ1v) is 14.9. The number of carbonyl (C=O) groups is 2. The standard InChI is InChI=1S/C29H32ClN3O8S/c1-38-25-12-10-19(30)15-24(25)33(42(36,37)21-11-13-26(39-2)27(16-21)40-3)18-28(34)32-23-9-5-4-8-22(23)29(35)31-17-20-7-6-14-41-20/h4-5,8-13,15-16,20H,6-7,14,17-18H2,1-3H3,(H,31,35)(H,32,34)/t20-/m1/s1. The van der Waals surface area contributed by atoms with Gasteiger partial charge in [-0.1, -0.05) is 23.7 Å². The maximum atomic E-state index is 14.0. The van der Waals surface area contributed by atoms with Crippen LogP contribution in [0.5, 0.6) is 17.2 Å². The van der Waals surface area contributed by atoms with Crippen LogP contribution < -0.4 is 29.1 Å². The molecule has 1 atom stereocenters. The van der Waals surface area contributed by atoms with E-state index in [-0.39, 0.29) is 44.5 Å². The van der Waals surface area contributed by atoms with E-state index in [2.05, 4.69) is 10.6 Å². The van der Waals surface area contributed by atoms with Crippen LogP contribution in [0.1, 0.15) is 23.2 Å². The first-order valence-electron chi connectivity index (χ1n) is 13.0. The Balaban J connectivity index is 1.65. The fraction of sp³-hybridized carbons (Fsp3) is 0.310. The van der Waals surface area contributed by atoms with E-state index in [9.17, 15) is 18.0 Å².